The summed E-state index contributed by atoms with van der Waals surface area (Å²) in [6.45, 7) is 2.46. The maximum absolute atomic E-state index is 12.6. The Morgan fingerprint density at radius 2 is 1.94 bits per heavy atom. The van der Waals surface area contributed by atoms with Crippen LogP contribution in [0.5, 0.6) is 0 Å². The van der Waals surface area contributed by atoms with Gasteiger partial charge in [-0.05, 0) is 48.9 Å². The summed E-state index contributed by atoms with van der Waals surface area (Å²) in [7, 11) is -1.96. The predicted octanol–water partition coefficient (Wildman–Crippen LogP) is 3.39. The number of hydrogen-bond donors (Lipinski definition) is 2. The first-order chi connectivity index (χ1) is 15.3. The van der Waals surface area contributed by atoms with E-state index in [9.17, 15) is 13.2 Å². The van der Waals surface area contributed by atoms with Gasteiger partial charge in [-0.2, -0.15) is 5.10 Å². The maximum atomic E-state index is 12.6. The third-order valence-electron chi connectivity index (χ3n) is 4.74. The fourth-order valence-electron chi connectivity index (χ4n) is 2.94. The largest absolute Gasteiger partial charge is 0.376 e. The van der Waals surface area contributed by atoms with Crippen LogP contribution in [-0.4, -0.2) is 53.5 Å². The number of carbonyl (C=O) groups is 1. The molecule has 0 fully saturated rings. The molecule has 0 aliphatic heterocycles. The van der Waals surface area contributed by atoms with Gasteiger partial charge in [0.1, 0.15) is 12.7 Å². The van der Waals surface area contributed by atoms with Crippen LogP contribution >= 0.6 is 11.6 Å². The molecule has 32 heavy (non-hydrogen) atoms. The fourth-order valence-corrected chi connectivity index (χ4v) is 4.32. The van der Waals surface area contributed by atoms with E-state index in [4.69, 9.17) is 11.6 Å². The second-order valence-corrected chi connectivity index (χ2v) is 9.59. The van der Waals surface area contributed by atoms with Crippen molar-refractivity contribution < 1.29 is 13.2 Å². The number of unbranched alkanes of at least 4 members (excludes halogenated alkanes) is 1. The van der Waals surface area contributed by atoms with Crippen molar-refractivity contribution in [3.05, 3.63) is 60.1 Å². The van der Waals surface area contributed by atoms with Gasteiger partial charge in [0.2, 0.25) is 15.9 Å². The van der Waals surface area contributed by atoms with Crippen LogP contribution in [0.2, 0.25) is 5.02 Å². The van der Waals surface area contributed by atoms with Gasteiger partial charge < -0.3 is 10.6 Å². The molecule has 0 aliphatic rings. The van der Waals surface area contributed by atoms with Crippen LogP contribution in [-0.2, 0) is 14.8 Å². The zero-order valence-electron chi connectivity index (χ0n) is 17.8. The van der Waals surface area contributed by atoms with Crippen molar-refractivity contribution in [3.63, 3.8) is 0 Å². The molecule has 11 heteroatoms. The Labute approximate surface area is 192 Å². The van der Waals surface area contributed by atoms with Crippen molar-refractivity contribution in [2.45, 2.75) is 24.7 Å². The predicted molar refractivity (Wildman–Crippen MR) is 125 cm³/mol. The molecule has 3 rings (SSSR count). The molecule has 2 aromatic carbocycles. The minimum Gasteiger partial charge on any atom is -0.376 e. The molecule has 1 aromatic heterocycles. The molecule has 0 saturated heterocycles. The molecule has 0 atom stereocenters. The Morgan fingerprint density at radius 3 is 2.59 bits per heavy atom. The molecule has 0 unspecified atom stereocenters. The number of halogens is 1. The topological polar surface area (TPSA) is 109 Å². The number of anilines is 2. The zero-order valence-corrected chi connectivity index (χ0v) is 19.4. The lowest BCUT2D eigenvalue weighted by Gasteiger charge is -2.17. The molecule has 170 valence electrons. The van der Waals surface area contributed by atoms with E-state index >= 15 is 0 Å². The van der Waals surface area contributed by atoms with E-state index in [0.717, 1.165) is 12.8 Å². The first-order valence-corrected chi connectivity index (χ1v) is 11.9. The number of nitrogens with one attached hydrogen (secondary N) is 2. The van der Waals surface area contributed by atoms with Crippen LogP contribution in [0, 0.1) is 0 Å². The van der Waals surface area contributed by atoms with Crippen molar-refractivity contribution >= 4 is 38.9 Å². The minimum atomic E-state index is -3.53. The van der Waals surface area contributed by atoms with E-state index in [1.54, 1.807) is 37.4 Å². The number of sulfonamides is 1. The van der Waals surface area contributed by atoms with Crippen molar-refractivity contribution in [1.82, 2.24) is 19.1 Å². The Morgan fingerprint density at radius 1 is 1.19 bits per heavy atom. The van der Waals surface area contributed by atoms with Gasteiger partial charge in [-0.15, -0.1) is 0 Å². The lowest BCUT2D eigenvalue weighted by atomic mass is 10.2. The number of rotatable bonds is 10. The fraction of sp³-hybridized carbons (Fsp3) is 0.286. The Kier molecular flexibility index (Phi) is 7.84. The highest BCUT2D eigenvalue weighted by molar-refractivity contribution is 7.89. The van der Waals surface area contributed by atoms with Crippen LogP contribution in [0.15, 0.2) is 60.0 Å². The lowest BCUT2D eigenvalue weighted by molar-refractivity contribution is -0.114. The second kappa shape index (κ2) is 10.6. The molecule has 9 nitrogen and oxygen atoms in total. The van der Waals surface area contributed by atoms with Gasteiger partial charge >= 0.3 is 0 Å². The third kappa shape index (κ3) is 5.84. The number of amides is 1. The molecular formula is C21H25ClN6O3S. The van der Waals surface area contributed by atoms with E-state index in [1.807, 2.05) is 6.92 Å². The summed E-state index contributed by atoms with van der Waals surface area (Å²) in [5.74, 6) is -0.301. The number of nitrogens with zero attached hydrogens (tertiary/aromatic N) is 4. The Balaban J connectivity index is 1.62. The average molecular weight is 477 g/mol. The van der Waals surface area contributed by atoms with Gasteiger partial charge in [-0.1, -0.05) is 24.9 Å². The van der Waals surface area contributed by atoms with Crippen LogP contribution < -0.4 is 10.6 Å². The summed E-state index contributed by atoms with van der Waals surface area (Å²) in [4.78, 5) is 16.6. The van der Waals surface area contributed by atoms with Crippen molar-refractivity contribution in [3.8, 4) is 5.69 Å². The van der Waals surface area contributed by atoms with Gasteiger partial charge in [-0.25, -0.2) is 22.4 Å². The highest BCUT2D eigenvalue weighted by atomic mass is 35.5. The monoisotopic (exact) mass is 476 g/mol. The summed E-state index contributed by atoms with van der Waals surface area (Å²) in [6, 6.07) is 11.4. The number of carbonyl (C=O) groups excluding carboxylic acids is 1. The van der Waals surface area contributed by atoms with Crippen molar-refractivity contribution in [2.75, 3.05) is 30.8 Å². The van der Waals surface area contributed by atoms with Gasteiger partial charge in [-0.3, -0.25) is 4.79 Å². The van der Waals surface area contributed by atoms with Gasteiger partial charge in [0, 0.05) is 24.3 Å². The molecular weight excluding hydrogens is 452 g/mol. The third-order valence-corrected chi connectivity index (χ3v) is 6.85. The number of hydrogen-bond acceptors (Lipinski definition) is 6. The summed E-state index contributed by atoms with van der Waals surface area (Å²) in [5.41, 5.74) is 1.74. The second-order valence-electron chi connectivity index (χ2n) is 7.11. The van der Waals surface area contributed by atoms with E-state index in [2.05, 4.69) is 20.7 Å². The average Bonchev–Trinajstić information content (AvgIpc) is 3.31. The summed E-state index contributed by atoms with van der Waals surface area (Å²) >= 11 is 6.07. The first kappa shape index (κ1) is 23.7. The smallest absolute Gasteiger partial charge is 0.243 e. The van der Waals surface area contributed by atoms with Crippen LogP contribution in [0.1, 0.15) is 19.8 Å². The maximum Gasteiger partial charge on any atom is 0.243 e. The van der Waals surface area contributed by atoms with E-state index in [-0.39, 0.29) is 17.3 Å². The van der Waals surface area contributed by atoms with Gasteiger partial charge in [0.15, 0.2) is 0 Å². The van der Waals surface area contributed by atoms with E-state index in [0.29, 0.717) is 28.6 Å². The first-order valence-electron chi connectivity index (χ1n) is 10.1. The standard InChI is InChI=1S/C21H25ClN6O3S/c1-3-4-11-27(2)32(30,31)18-8-6-17(7-9-18)24-13-21(29)26-19-12-16(22)5-10-20(19)28-15-23-14-25-28/h5-10,12,14-15,24H,3-4,11,13H2,1-2H3,(H,26,29). The van der Waals surface area contributed by atoms with Crippen LogP contribution in [0.4, 0.5) is 11.4 Å². The lowest BCUT2D eigenvalue weighted by Crippen LogP contribution is -2.28. The van der Waals surface area contributed by atoms with Crippen LogP contribution in [0.25, 0.3) is 5.69 Å². The van der Waals surface area contributed by atoms with Gasteiger partial charge in [0.25, 0.3) is 0 Å². The van der Waals surface area contributed by atoms with Crippen molar-refractivity contribution in [2.24, 2.45) is 0 Å². The molecule has 0 aliphatic carbocycles. The number of aromatic nitrogens is 3. The molecule has 1 heterocycles. The zero-order chi connectivity index (χ0) is 23.1. The summed E-state index contributed by atoms with van der Waals surface area (Å²) < 4.78 is 28.1. The summed E-state index contributed by atoms with van der Waals surface area (Å²) in [5, 5.41) is 10.3. The molecule has 2 N–H and O–H groups in total. The highest BCUT2D eigenvalue weighted by Gasteiger charge is 2.20. The minimum absolute atomic E-state index is 0.0220. The molecule has 0 spiro atoms. The molecule has 1 amide bonds. The van der Waals surface area contributed by atoms with E-state index < -0.39 is 10.0 Å². The quantitative estimate of drug-likeness (QED) is 0.464. The molecule has 0 bridgehead atoms. The highest BCUT2D eigenvalue weighted by Crippen LogP contribution is 2.24. The van der Waals surface area contributed by atoms with E-state index in [1.165, 1.54) is 33.8 Å². The van der Waals surface area contributed by atoms with Gasteiger partial charge in [0.05, 0.1) is 22.8 Å². The molecule has 0 saturated carbocycles. The Bertz CT molecular complexity index is 1150. The molecule has 3 aromatic rings. The SMILES string of the molecule is CCCCN(C)S(=O)(=O)c1ccc(NCC(=O)Nc2cc(Cl)ccc2-n2cncn2)cc1. The summed E-state index contributed by atoms with van der Waals surface area (Å²) in [6.07, 6.45) is 4.63. The normalized spacial score (nSPS) is 11.5. The van der Waals surface area contributed by atoms with Crippen LogP contribution in [0.3, 0.4) is 0 Å². The van der Waals surface area contributed by atoms with Crippen molar-refractivity contribution in [1.29, 1.82) is 0 Å². The number of benzene rings is 2. The Hall–Kier alpha value is -2.95. The molecule has 0 radical (unpaired) electrons.